The zero-order valence-electron chi connectivity index (χ0n) is 9.12. The number of likely N-dealkylation sites (tertiary alicyclic amines) is 1. The average Bonchev–Trinajstić information content (AvgIpc) is 2.12. The molecule has 1 aliphatic rings. The van der Waals surface area contributed by atoms with E-state index in [2.05, 4.69) is 30.6 Å². The molecule has 3 heteroatoms. The summed E-state index contributed by atoms with van der Waals surface area (Å²) in [6.07, 6.45) is 5.13. The van der Waals surface area contributed by atoms with Crippen molar-refractivity contribution in [2.75, 3.05) is 6.54 Å². The van der Waals surface area contributed by atoms with Crippen LogP contribution in [0, 0.1) is 0 Å². The second-order valence-corrected chi connectivity index (χ2v) is 4.07. The van der Waals surface area contributed by atoms with Crippen LogP contribution in [-0.2, 0) is 4.79 Å². The van der Waals surface area contributed by atoms with Gasteiger partial charge in [0.25, 0.3) is 0 Å². The van der Waals surface area contributed by atoms with Gasteiger partial charge in [0.1, 0.15) is 0 Å². The summed E-state index contributed by atoms with van der Waals surface area (Å²) in [5.74, 6) is 0.0422. The summed E-state index contributed by atoms with van der Waals surface area (Å²) >= 11 is 0. The zero-order chi connectivity index (χ0) is 10.6. The van der Waals surface area contributed by atoms with Gasteiger partial charge in [-0.25, -0.2) is 0 Å². The first-order valence-corrected chi connectivity index (χ1v) is 5.31. The first-order chi connectivity index (χ1) is 6.65. The van der Waals surface area contributed by atoms with E-state index in [4.69, 9.17) is 0 Å². The number of nitrogens with one attached hydrogen (secondary N) is 1. The Morgan fingerprint density at radius 2 is 2.07 bits per heavy atom. The number of hydrogen-bond donors (Lipinski definition) is 1. The lowest BCUT2D eigenvalue weighted by molar-refractivity contribution is -0.122. The van der Waals surface area contributed by atoms with Crippen LogP contribution in [0.25, 0.3) is 0 Å². The summed E-state index contributed by atoms with van der Waals surface area (Å²) in [5, 5.41) is 2.62. The molecule has 0 radical (unpaired) electrons. The summed E-state index contributed by atoms with van der Waals surface area (Å²) in [6, 6.07) is 1.05. The van der Waals surface area contributed by atoms with Crippen molar-refractivity contribution in [2.24, 2.45) is 0 Å². The molecule has 80 valence electrons. The highest BCUT2D eigenvalue weighted by Crippen LogP contribution is 2.21. The third kappa shape index (κ3) is 2.84. The van der Waals surface area contributed by atoms with E-state index in [9.17, 15) is 4.79 Å². The Bertz CT molecular complexity index is 205. The van der Waals surface area contributed by atoms with Crippen LogP contribution in [0.1, 0.15) is 33.1 Å². The van der Waals surface area contributed by atoms with Crippen molar-refractivity contribution in [1.82, 2.24) is 10.2 Å². The van der Waals surface area contributed by atoms with Gasteiger partial charge in [0, 0.05) is 12.1 Å². The second kappa shape index (κ2) is 5.15. The Hall–Kier alpha value is -0.830. The maximum Gasteiger partial charge on any atom is 0.238 e. The lowest BCUT2D eigenvalue weighted by Crippen LogP contribution is -2.48. The minimum absolute atomic E-state index is 0.0422. The molecule has 0 bridgehead atoms. The summed E-state index contributed by atoms with van der Waals surface area (Å²) in [5.41, 5.74) is 0. The lowest BCUT2D eigenvalue weighted by atomic mass is 9.97. The summed E-state index contributed by atoms with van der Waals surface area (Å²) in [6.45, 7) is 8.36. The predicted molar refractivity (Wildman–Crippen MR) is 57.8 cm³/mol. The lowest BCUT2D eigenvalue weighted by Gasteiger charge is -2.38. The molecule has 1 heterocycles. The molecule has 1 aliphatic heterocycles. The Labute approximate surface area is 86.2 Å². The normalized spacial score (nSPS) is 28.4. The topological polar surface area (TPSA) is 32.3 Å². The molecule has 0 aromatic heterocycles. The standard InChI is InChI=1S/C11H20N2O/c1-4-12-11(14)8-13-9(2)6-5-7-10(13)3/h4,9-10H,1,5-8H2,2-3H3,(H,12,14). The van der Waals surface area contributed by atoms with Crippen LogP contribution in [0.4, 0.5) is 0 Å². The maximum absolute atomic E-state index is 11.4. The van der Waals surface area contributed by atoms with Gasteiger partial charge in [0.2, 0.25) is 5.91 Å². The summed E-state index contributed by atoms with van der Waals surface area (Å²) in [4.78, 5) is 13.6. The van der Waals surface area contributed by atoms with Gasteiger partial charge in [-0.15, -0.1) is 0 Å². The van der Waals surface area contributed by atoms with Crippen molar-refractivity contribution < 1.29 is 4.79 Å². The number of rotatable bonds is 3. The quantitative estimate of drug-likeness (QED) is 0.742. The molecule has 0 spiro atoms. The van der Waals surface area contributed by atoms with Crippen molar-refractivity contribution in [1.29, 1.82) is 0 Å². The van der Waals surface area contributed by atoms with Gasteiger partial charge in [-0.05, 0) is 32.9 Å². The molecule has 1 saturated heterocycles. The highest BCUT2D eigenvalue weighted by atomic mass is 16.1. The molecule has 1 N–H and O–H groups in total. The molecule has 14 heavy (non-hydrogen) atoms. The van der Waals surface area contributed by atoms with Gasteiger partial charge in [0.15, 0.2) is 0 Å². The molecule has 0 aromatic carbocycles. The SMILES string of the molecule is C=CNC(=O)CN1C(C)CCCC1C. The van der Waals surface area contributed by atoms with E-state index in [0.29, 0.717) is 18.6 Å². The minimum Gasteiger partial charge on any atom is -0.332 e. The number of hydrogen-bond acceptors (Lipinski definition) is 2. The first-order valence-electron chi connectivity index (χ1n) is 5.31. The van der Waals surface area contributed by atoms with Gasteiger partial charge >= 0.3 is 0 Å². The average molecular weight is 196 g/mol. The molecule has 0 saturated carbocycles. The maximum atomic E-state index is 11.4. The molecule has 1 fully saturated rings. The molecule has 3 nitrogen and oxygen atoms in total. The first kappa shape index (κ1) is 11.2. The molecule has 0 aromatic rings. The Morgan fingerprint density at radius 1 is 1.50 bits per heavy atom. The van der Waals surface area contributed by atoms with Gasteiger partial charge in [0.05, 0.1) is 6.54 Å². The van der Waals surface area contributed by atoms with E-state index in [0.717, 1.165) is 0 Å². The zero-order valence-corrected chi connectivity index (χ0v) is 9.12. The number of amides is 1. The van der Waals surface area contributed by atoms with Gasteiger partial charge in [-0.2, -0.15) is 0 Å². The van der Waals surface area contributed by atoms with Crippen molar-refractivity contribution in [3.05, 3.63) is 12.8 Å². The monoisotopic (exact) mass is 196 g/mol. The fourth-order valence-electron chi connectivity index (χ4n) is 2.11. The van der Waals surface area contributed by atoms with Crippen LogP contribution in [0.15, 0.2) is 12.8 Å². The molecule has 1 rings (SSSR count). The molecule has 1 amide bonds. The fraction of sp³-hybridized carbons (Fsp3) is 0.727. The van der Waals surface area contributed by atoms with Crippen molar-refractivity contribution in [3.8, 4) is 0 Å². The van der Waals surface area contributed by atoms with E-state index in [1.165, 1.54) is 25.5 Å². The van der Waals surface area contributed by atoms with Gasteiger partial charge in [-0.1, -0.05) is 13.0 Å². The Balaban J connectivity index is 2.47. The molecular formula is C11H20N2O. The van der Waals surface area contributed by atoms with Crippen molar-refractivity contribution in [3.63, 3.8) is 0 Å². The molecular weight excluding hydrogens is 176 g/mol. The largest absolute Gasteiger partial charge is 0.332 e. The van der Waals surface area contributed by atoms with Crippen LogP contribution in [0.5, 0.6) is 0 Å². The van der Waals surface area contributed by atoms with E-state index in [1.54, 1.807) is 0 Å². The van der Waals surface area contributed by atoms with E-state index in [1.807, 2.05) is 0 Å². The Morgan fingerprint density at radius 3 is 2.57 bits per heavy atom. The van der Waals surface area contributed by atoms with E-state index >= 15 is 0 Å². The summed E-state index contributed by atoms with van der Waals surface area (Å²) in [7, 11) is 0. The van der Waals surface area contributed by atoms with Gasteiger partial charge < -0.3 is 5.32 Å². The highest BCUT2D eigenvalue weighted by Gasteiger charge is 2.25. The fourth-order valence-corrected chi connectivity index (χ4v) is 2.11. The molecule has 0 aliphatic carbocycles. The van der Waals surface area contributed by atoms with Gasteiger partial charge in [-0.3, -0.25) is 9.69 Å². The third-order valence-electron chi connectivity index (χ3n) is 2.97. The third-order valence-corrected chi connectivity index (χ3v) is 2.97. The Kier molecular flexibility index (Phi) is 4.14. The van der Waals surface area contributed by atoms with Crippen LogP contribution >= 0.6 is 0 Å². The minimum atomic E-state index is 0.0422. The molecule has 2 unspecified atom stereocenters. The number of piperidine rings is 1. The number of nitrogens with zero attached hydrogens (tertiary/aromatic N) is 1. The smallest absolute Gasteiger partial charge is 0.238 e. The second-order valence-electron chi connectivity index (χ2n) is 4.07. The predicted octanol–water partition coefficient (Wildman–Crippen LogP) is 1.51. The number of carbonyl (C=O) groups is 1. The highest BCUT2D eigenvalue weighted by molar-refractivity contribution is 5.78. The molecule has 2 atom stereocenters. The van der Waals surface area contributed by atoms with E-state index in [-0.39, 0.29) is 5.91 Å². The van der Waals surface area contributed by atoms with E-state index < -0.39 is 0 Å². The van der Waals surface area contributed by atoms with Crippen molar-refractivity contribution >= 4 is 5.91 Å². The van der Waals surface area contributed by atoms with Crippen molar-refractivity contribution in [2.45, 2.75) is 45.2 Å². The number of carbonyl (C=O) groups excluding carboxylic acids is 1. The van der Waals surface area contributed by atoms with Crippen LogP contribution in [0.3, 0.4) is 0 Å². The van der Waals surface area contributed by atoms with Crippen LogP contribution in [-0.4, -0.2) is 29.4 Å². The summed E-state index contributed by atoms with van der Waals surface area (Å²) < 4.78 is 0. The van der Waals surface area contributed by atoms with Crippen LogP contribution in [0.2, 0.25) is 0 Å². The van der Waals surface area contributed by atoms with Crippen LogP contribution < -0.4 is 5.32 Å².